The third kappa shape index (κ3) is 4.77. The van der Waals surface area contributed by atoms with Crippen molar-refractivity contribution < 1.29 is 4.79 Å². The van der Waals surface area contributed by atoms with Gasteiger partial charge < -0.3 is 4.90 Å². The van der Waals surface area contributed by atoms with E-state index in [4.69, 9.17) is 5.26 Å². The van der Waals surface area contributed by atoms with Gasteiger partial charge in [0.05, 0.1) is 12.0 Å². The fraction of sp³-hybridized carbons (Fsp3) is 0.857. The number of carbonyl (C=O) groups is 1. The van der Waals surface area contributed by atoms with E-state index in [0.29, 0.717) is 13.0 Å². The van der Waals surface area contributed by atoms with Gasteiger partial charge in [0.2, 0.25) is 5.91 Å². The third-order valence-corrected chi connectivity index (χ3v) is 3.69. The van der Waals surface area contributed by atoms with Gasteiger partial charge in [0.15, 0.2) is 0 Å². The number of hydrogen-bond donors (Lipinski definition) is 0. The van der Waals surface area contributed by atoms with Gasteiger partial charge in [0.25, 0.3) is 0 Å². The Kier molecular flexibility index (Phi) is 6.04. The second-order valence-corrected chi connectivity index (χ2v) is 5.15. The predicted molar refractivity (Wildman–Crippen MR) is 68.2 cm³/mol. The smallest absolute Gasteiger partial charge is 0.222 e. The summed E-state index contributed by atoms with van der Waals surface area (Å²) >= 11 is 0. The Morgan fingerprint density at radius 1 is 1.47 bits per heavy atom. The highest BCUT2D eigenvalue weighted by Gasteiger charge is 2.19. The predicted octanol–water partition coefficient (Wildman–Crippen LogP) is 2.96. The van der Waals surface area contributed by atoms with Crippen molar-refractivity contribution in [3.8, 4) is 6.07 Å². The Bertz CT molecular complexity index is 276. The Labute approximate surface area is 105 Å². The lowest BCUT2D eigenvalue weighted by Crippen LogP contribution is -2.34. The lowest BCUT2D eigenvalue weighted by molar-refractivity contribution is -0.131. The molecule has 96 valence electrons. The van der Waals surface area contributed by atoms with E-state index in [-0.39, 0.29) is 11.8 Å². The Morgan fingerprint density at radius 2 is 2.12 bits per heavy atom. The minimum Gasteiger partial charge on any atom is -0.342 e. The molecule has 1 aliphatic rings. The first-order chi connectivity index (χ1) is 8.17. The molecule has 3 nitrogen and oxygen atoms in total. The molecule has 1 saturated carbocycles. The first-order valence-corrected chi connectivity index (χ1v) is 6.84. The van der Waals surface area contributed by atoms with Crippen molar-refractivity contribution in [3.63, 3.8) is 0 Å². The summed E-state index contributed by atoms with van der Waals surface area (Å²) in [6, 6.07) is 2.19. The van der Waals surface area contributed by atoms with Crippen molar-refractivity contribution in [2.24, 2.45) is 11.8 Å². The fourth-order valence-electron chi connectivity index (χ4n) is 2.56. The summed E-state index contributed by atoms with van der Waals surface area (Å²) < 4.78 is 0. The standard InChI is InChI=1S/C14H24N2O/c1-3-16(11-12(2)10-15)14(17)9-8-13-6-4-5-7-13/h12-13H,3-9,11H2,1-2H3. The van der Waals surface area contributed by atoms with Gasteiger partial charge in [0, 0.05) is 19.5 Å². The van der Waals surface area contributed by atoms with Crippen molar-refractivity contribution >= 4 is 5.91 Å². The van der Waals surface area contributed by atoms with Crippen LogP contribution in [0.5, 0.6) is 0 Å². The zero-order valence-corrected chi connectivity index (χ0v) is 11.1. The molecule has 0 aliphatic heterocycles. The van der Waals surface area contributed by atoms with Gasteiger partial charge in [-0.05, 0) is 26.2 Å². The van der Waals surface area contributed by atoms with Crippen LogP contribution in [0.15, 0.2) is 0 Å². The number of rotatable bonds is 6. The third-order valence-electron chi connectivity index (χ3n) is 3.69. The maximum atomic E-state index is 12.0. The summed E-state index contributed by atoms with van der Waals surface area (Å²) in [5.41, 5.74) is 0. The summed E-state index contributed by atoms with van der Waals surface area (Å²) in [7, 11) is 0. The van der Waals surface area contributed by atoms with Crippen LogP contribution in [-0.2, 0) is 4.79 Å². The average Bonchev–Trinajstić information content (AvgIpc) is 2.85. The number of amides is 1. The second-order valence-electron chi connectivity index (χ2n) is 5.15. The fourth-order valence-corrected chi connectivity index (χ4v) is 2.56. The zero-order chi connectivity index (χ0) is 12.7. The van der Waals surface area contributed by atoms with Gasteiger partial charge >= 0.3 is 0 Å². The molecule has 0 heterocycles. The first-order valence-electron chi connectivity index (χ1n) is 6.84. The van der Waals surface area contributed by atoms with E-state index >= 15 is 0 Å². The summed E-state index contributed by atoms with van der Waals surface area (Å²) in [6.45, 7) is 5.15. The largest absolute Gasteiger partial charge is 0.342 e. The quantitative estimate of drug-likeness (QED) is 0.711. The number of nitrogens with zero attached hydrogens (tertiary/aromatic N) is 2. The van der Waals surface area contributed by atoms with E-state index in [9.17, 15) is 4.79 Å². The van der Waals surface area contributed by atoms with E-state index in [1.165, 1.54) is 25.7 Å². The number of hydrogen-bond acceptors (Lipinski definition) is 2. The summed E-state index contributed by atoms with van der Waals surface area (Å²) in [6.07, 6.45) is 6.97. The Morgan fingerprint density at radius 3 is 2.65 bits per heavy atom. The molecule has 1 unspecified atom stereocenters. The molecule has 0 bridgehead atoms. The molecule has 3 heteroatoms. The van der Waals surface area contributed by atoms with Crippen LogP contribution in [0.4, 0.5) is 0 Å². The van der Waals surface area contributed by atoms with Gasteiger partial charge in [-0.3, -0.25) is 4.79 Å². The van der Waals surface area contributed by atoms with Crippen LogP contribution in [0.3, 0.4) is 0 Å². The van der Waals surface area contributed by atoms with Crippen LogP contribution in [0.2, 0.25) is 0 Å². The van der Waals surface area contributed by atoms with Crippen molar-refractivity contribution in [2.75, 3.05) is 13.1 Å². The van der Waals surface area contributed by atoms with Crippen molar-refractivity contribution in [1.29, 1.82) is 5.26 Å². The normalized spacial score (nSPS) is 17.7. The minimum atomic E-state index is -0.0645. The van der Waals surface area contributed by atoms with Crippen molar-refractivity contribution in [3.05, 3.63) is 0 Å². The molecule has 0 aromatic rings. The molecule has 1 aliphatic carbocycles. The van der Waals surface area contributed by atoms with Crippen LogP contribution in [0, 0.1) is 23.2 Å². The summed E-state index contributed by atoms with van der Waals surface area (Å²) in [4.78, 5) is 13.8. The van der Waals surface area contributed by atoms with Gasteiger partial charge in [-0.2, -0.15) is 5.26 Å². The van der Waals surface area contributed by atoms with Crippen LogP contribution in [-0.4, -0.2) is 23.9 Å². The van der Waals surface area contributed by atoms with Gasteiger partial charge in [-0.15, -0.1) is 0 Å². The monoisotopic (exact) mass is 236 g/mol. The number of nitriles is 1. The highest BCUT2D eigenvalue weighted by atomic mass is 16.2. The summed E-state index contributed by atoms with van der Waals surface area (Å²) in [5.74, 6) is 0.929. The molecule has 0 radical (unpaired) electrons. The van der Waals surface area contributed by atoms with E-state index in [2.05, 4.69) is 6.07 Å². The van der Waals surface area contributed by atoms with Crippen LogP contribution in [0.25, 0.3) is 0 Å². The molecule has 1 amide bonds. The van der Waals surface area contributed by atoms with Crippen molar-refractivity contribution in [2.45, 2.75) is 52.4 Å². The van der Waals surface area contributed by atoms with Crippen LogP contribution >= 0.6 is 0 Å². The van der Waals surface area contributed by atoms with Gasteiger partial charge in [-0.25, -0.2) is 0 Å². The van der Waals surface area contributed by atoms with Crippen molar-refractivity contribution in [1.82, 2.24) is 4.90 Å². The molecular formula is C14H24N2O. The highest BCUT2D eigenvalue weighted by Crippen LogP contribution is 2.28. The SMILES string of the molecule is CCN(CC(C)C#N)C(=O)CCC1CCCC1. The van der Waals surface area contributed by atoms with Gasteiger partial charge in [0.1, 0.15) is 0 Å². The molecular weight excluding hydrogens is 212 g/mol. The number of carbonyl (C=O) groups excluding carboxylic acids is 1. The van der Waals surface area contributed by atoms with E-state index in [1.807, 2.05) is 18.7 Å². The lowest BCUT2D eigenvalue weighted by atomic mass is 10.0. The summed E-state index contributed by atoms with van der Waals surface area (Å²) in [5, 5.41) is 8.78. The second kappa shape index (κ2) is 7.32. The maximum absolute atomic E-state index is 12.0. The molecule has 0 spiro atoms. The van der Waals surface area contributed by atoms with E-state index in [1.54, 1.807) is 0 Å². The zero-order valence-electron chi connectivity index (χ0n) is 11.1. The van der Waals surface area contributed by atoms with E-state index < -0.39 is 0 Å². The molecule has 1 rings (SSSR count). The maximum Gasteiger partial charge on any atom is 0.222 e. The molecule has 1 atom stereocenters. The minimum absolute atomic E-state index is 0.0645. The molecule has 1 fully saturated rings. The lowest BCUT2D eigenvalue weighted by Gasteiger charge is -2.22. The first kappa shape index (κ1) is 14.0. The average molecular weight is 236 g/mol. The molecule has 0 N–H and O–H groups in total. The van der Waals surface area contributed by atoms with Crippen LogP contribution in [0.1, 0.15) is 52.4 Å². The highest BCUT2D eigenvalue weighted by molar-refractivity contribution is 5.76. The molecule has 0 aromatic heterocycles. The Balaban J connectivity index is 2.30. The van der Waals surface area contributed by atoms with E-state index in [0.717, 1.165) is 18.9 Å². The Hall–Kier alpha value is -1.04. The van der Waals surface area contributed by atoms with Gasteiger partial charge in [-0.1, -0.05) is 25.7 Å². The molecule has 0 aromatic carbocycles. The van der Waals surface area contributed by atoms with Crippen LogP contribution < -0.4 is 0 Å². The molecule has 0 saturated heterocycles. The topological polar surface area (TPSA) is 44.1 Å². The molecule has 17 heavy (non-hydrogen) atoms.